The molecule has 12 rings (SSSR count). The van der Waals surface area contributed by atoms with Gasteiger partial charge >= 0.3 is 0 Å². The van der Waals surface area contributed by atoms with E-state index in [1.807, 2.05) is 240 Å². The molecule has 2 N–H and O–H groups in total. The van der Waals surface area contributed by atoms with Gasteiger partial charge in [-0.2, -0.15) is 4.39 Å². The number of ether oxygens (including phenoxy) is 1. The number of anilines is 1. The largest absolute Gasteiger partial charge is 0.481 e. The van der Waals surface area contributed by atoms with Gasteiger partial charge in [-0.15, -0.1) is 0 Å². The summed E-state index contributed by atoms with van der Waals surface area (Å²) in [4.78, 5) is 121. The molecule has 0 bridgehead atoms. The van der Waals surface area contributed by atoms with Crippen LogP contribution in [0.2, 0.25) is 5.15 Å². The fourth-order valence-corrected chi connectivity index (χ4v) is 12.2. The second kappa shape index (κ2) is 43.8. The van der Waals surface area contributed by atoms with E-state index in [2.05, 4.69) is 19.9 Å². The summed E-state index contributed by atoms with van der Waals surface area (Å²) in [6, 6.07) is 74.2. The highest BCUT2D eigenvalue weighted by atomic mass is 35.5. The summed E-state index contributed by atoms with van der Waals surface area (Å²) in [5.41, 5.74) is 22.8. The zero-order chi connectivity index (χ0) is 83.9. The van der Waals surface area contributed by atoms with Gasteiger partial charge < -0.3 is 30.1 Å². The van der Waals surface area contributed by atoms with Gasteiger partial charge in [0.1, 0.15) is 11.0 Å². The molecule has 0 aliphatic carbocycles. The van der Waals surface area contributed by atoms with Crippen LogP contribution in [0.5, 0.6) is 5.88 Å². The molecule has 8 aromatic carbocycles. The Hall–Kier alpha value is -13.3. The lowest BCUT2D eigenvalue weighted by atomic mass is 9.99. The Kier molecular flexibility index (Phi) is 32.9. The molecule has 0 radical (unpaired) electrons. The van der Waals surface area contributed by atoms with Gasteiger partial charge in [-0.1, -0.05) is 181 Å². The third kappa shape index (κ3) is 25.9. The number of nitrogens with zero attached hydrogens (tertiary/aromatic N) is 8. The van der Waals surface area contributed by atoms with Crippen LogP contribution in [-0.4, -0.2) is 148 Å². The number of pyridine rings is 4. The molecule has 20 heteroatoms. The molecule has 117 heavy (non-hydrogen) atoms. The maximum Gasteiger partial charge on any atom is 0.253 e. The van der Waals surface area contributed by atoms with Crippen molar-refractivity contribution in [1.82, 2.24) is 39.5 Å². The molecule has 4 aromatic heterocycles. The molecule has 0 atom stereocenters. The molecule has 4 amide bonds. The Morgan fingerprint density at radius 1 is 0.308 bits per heavy atom. The molecule has 4 heterocycles. The molecule has 0 aliphatic rings. The number of carbonyl (C=O) groups excluding carboxylic acids is 8. The van der Waals surface area contributed by atoms with Gasteiger partial charge in [0.2, 0.25) is 11.8 Å². The first-order valence-electron chi connectivity index (χ1n) is 38.8. The third-order valence-corrected chi connectivity index (χ3v) is 20.2. The first-order valence-corrected chi connectivity index (χ1v) is 39.2. The minimum Gasteiger partial charge on any atom is -0.481 e. The zero-order valence-electron chi connectivity index (χ0n) is 67.5. The molecule has 0 saturated heterocycles. The van der Waals surface area contributed by atoms with Gasteiger partial charge in [-0.25, -0.2) is 19.9 Å². The van der Waals surface area contributed by atoms with E-state index in [4.69, 9.17) is 22.1 Å². The summed E-state index contributed by atoms with van der Waals surface area (Å²) in [5.74, 6) is 0.865. The number of ketones is 4. The molecule has 18 nitrogen and oxygen atoms in total. The summed E-state index contributed by atoms with van der Waals surface area (Å²) < 4.78 is 17.9. The van der Waals surface area contributed by atoms with Crippen LogP contribution in [0.15, 0.2) is 267 Å². The van der Waals surface area contributed by atoms with Crippen LogP contribution in [0.4, 0.5) is 10.2 Å². The first-order chi connectivity index (χ1) is 56.4. The van der Waals surface area contributed by atoms with Crippen LogP contribution < -0.4 is 10.5 Å². The van der Waals surface area contributed by atoms with Crippen LogP contribution in [0.3, 0.4) is 0 Å². The Labute approximate surface area is 689 Å². The number of carbonyl (C=O) groups is 8. The van der Waals surface area contributed by atoms with Crippen molar-refractivity contribution in [2.24, 2.45) is 0 Å². The SMILES string of the molecule is CCN(C)C(=O)c1ccc(-c2ccc(C(=O)CCc3ccc(Cl)nc3)cc2)cc1.CCN(C)C(=O)c1ccc(-c2ccc(C(=O)CCc3ccc(F)nc3)cc2)cc1.CCN(C)C(=O)c1ccc(-c2ccc(C(=O)CCc3ccc(N)nc3)cc2)cc1.CCN(C)C(=O)c1ccc(-c2ccc(C(=O)CCc3ccc(OC)nc3)cc2)cc1. The summed E-state index contributed by atoms with van der Waals surface area (Å²) in [6.07, 6.45) is 10.6. The molecule has 0 fully saturated rings. The highest BCUT2D eigenvalue weighted by Gasteiger charge is 2.18. The van der Waals surface area contributed by atoms with Gasteiger partial charge in [0.15, 0.2) is 23.1 Å². The predicted octanol–water partition coefficient (Wildman–Crippen LogP) is 19.0. The Bertz CT molecular complexity index is 4880. The molecule has 0 unspecified atom stereocenters. The van der Waals surface area contributed by atoms with Crippen molar-refractivity contribution in [2.45, 2.75) is 79.1 Å². The lowest BCUT2D eigenvalue weighted by Crippen LogP contribution is -2.26. The summed E-state index contributed by atoms with van der Waals surface area (Å²) in [6.45, 7) is 10.5. The lowest BCUT2D eigenvalue weighted by molar-refractivity contribution is 0.0795. The highest BCUT2D eigenvalue weighted by molar-refractivity contribution is 6.29. The van der Waals surface area contributed by atoms with E-state index in [-0.39, 0.29) is 46.8 Å². The average molecular weight is 1590 g/mol. The number of aromatic nitrogens is 4. The third-order valence-electron chi connectivity index (χ3n) is 20.0. The van der Waals surface area contributed by atoms with Crippen LogP contribution in [0.25, 0.3) is 44.5 Å². The Balaban J connectivity index is 0.000000178. The van der Waals surface area contributed by atoms with Gasteiger partial charge in [0.05, 0.1) is 7.11 Å². The number of hydrogen-bond donors (Lipinski definition) is 1. The zero-order valence-corrected chi connectivity index (χ0v) is 68.2. The number of hydrogen-bond acceptors (Lipinski definition) is 14. The molecule has 0 spiro atoms. The molecular weight excluding hydrogens is 1490 g/mol. The molecule has 0 saturated carbocycles. The maximum atomic E-state index is 12.8. The maximum absolute atomic E-state index is 12.8. The van der Waals surface area contributed by atoms with Gasteiger partial charge in [0, 0.05) is 155 Å². The molecule has 598 valence electrons. The van der Waals surface area contributed by atoms with Gasteiger partial charge in [-0.3, -0.25) is 38.4 Å². The summed E-state index contributed by atoms with van der Waals surface area (Å²) in [7, 11) is 8.72. The number of rotatable bonds is 29. The quantitative estimate of drug-likeness (QED) is 0.0339. The van der Waals surface area contributed by atoms with Crippen LogP contribution in [0.1, 0.15) is 158 Å². The number of Topliss-reactive ketones (excluding diaryl/α,β-unsaturated/α-hetero) is 4. The minimum absolute atomic E-state index is 0.00338. The Morgan fingerprint density at radius 3 is 0.744 bits per heavy atom. The summed E-state index contributed by atoms with van der Waals surface area (Å²) >= 11 is 5.78. The normalized spacial score (nSPS) is 10.6. The van der Waals surface area contributed by atoms with Crippen molar-refractivity contribution in [3.63, 3.8) is 0 Å². The second-order valence-electron chi connectivity index (χ2n) is 27.9. The summed E-state index contributed by atoms with van der Waals surface area (Å²) in [5, 5.41) is 0.449. The van der Waals surface area contributed by atoms with Crippen molar-refractivity contribution >= 4 is 64.2 Å². The van der Waals surface area contributed by atoms with Gasteiger partial charge in [-0.05, 0) is 187 Å². The van der Waals surface area contributed by atoms with Crippen molar-refractivity contribution < 1.29 is 47.5 Å². The molecular formula is C97H97ClFN9O9. The number of benzene rings is 8. The topological polar surface area (TPSA) is 236 Å². The van der Waals surface area contributed by atoms with E-state index in [0.717, 1.165) is 66.8 Å². The monoisotopic (exact) mass is 1590 g/mol. The average Bonchev–Trinajstić information content (AvgIpc) is 0.845. The van der Waals surface area contributed by atoms with Crippen LogP contribution in [-0.2, 0) is 25.7 Å². The number of halogens is 2. The van der Waals surface area contributed by atoms with Gasteiger partial charge in [0.25, 0.3) is 23.6 Å². The van der Waals surface area contributed by atoms with Crippen LogP contribution in [0, 0.1) is 5.95 Å². The van der Waals surface area contributed by atoms with Crippen molar-refractivity contribution in [3.05, 3.63) is 345 Å². The number of methoxy groups -OCH3 is 1. The predicted molar refractivity (Wildman–Crippen MR) is 462 cm³/mol. The smallest absolute Gasteiger partial charge is 0.253 e. The number of aryl methyl sites for hydroxylation is 4. The Morgan fingerprint density at radius 2 is 0.538 bits per heavy atom. The van der Waals surface area contributed by atoms with E-state index in [1.165, 1.54) is 12.3 Å². The van der Waals surface area contributed by atoms with Crippen LogP contribution >= 0.6 is 11.6 Å². The minimum atomic E-state index is -0.523. The van der Waals surface area contributed by atoms with E-state index in [0.29, 0.717) is 139 Å². The van der Waals surface area contributed by atoms with Crippen molar-refractivity contribution in [2.75, 3.05) is 67.2 Å². The fraction of sp³-hybridized carbons (Fsp3) is 0.216. The number of nitrogens with two attached hydrogens (primary N) is 1. The lowest BCUT2D eigenvalue weighted by Gasteiger charge is -2.14. The molecule has 12 aromatic rings. The van der Waals surface area contributed by atoms with Crippen molar-refractivity contribution in [1.29, 1.82) is 0 Å². The molecule has 0 aliphatic heterocycles. The standard InChI is InChI=1S/C25H26N2O3.C24H23ClN2O2.C24H23FN2O2.C24H25N3O2/c1-4-27(2)25(29)22-13-9-20(10-14-22)19-7-11-21(12-8-19)23(28)15-5-18-6-16-24(30-3)26-17-18;3*1-3-27(2)24(29)21-12-8-19(9-13-21)18-6-10-20(11-7-18)22(28)14-4-17-5-15-23(25)26-16-17/h6-14,16-17H,4-5,15H2,1-3H3;2*5-13,15-16H,3-4,14H2,1-2H3;5-13,15-16H,3-4,14H2,1-2H3,(H2,25,26). The van der Waals surface area contributed by atoms with E-state index >= 15 is 0 Å². The van der Waals surface area contributed by atoms with Crippen molar-refractivity contribution in [3.8, 4) is 50.4 Å². The number of nitrogen functional groups attached to an aromatic ring is 1. The van der Waals surface area contributed by atoms with E-state index in [9.17, 15) is 42.7 Å². The highest BCUT2D eigenvalue weighted by Crippen LogP contribution is 2.28. The second-order valence-corrected chi connectivity index (χ2v) is 28.3. The fourth-order valence-electron chi connectivity index (χ4n) is 12.1. The number of amides is 4. The van der Waals surface area contributed by atoms with E-state index < -0.39 is 5.95 Å². The first kappa shape index (κ1) is 87.7. The van der Waals surface area contributed by atoms with E-state index in [1.54, 1.807) is 97.8 Å².